The molecule has 7 nitrogen and oxygen atoms in total. The molecule has 1 aliphatic carbocycles. The summed E-state index contributed by atoms with van der Waals surface area (Å²) in [6, 6.07) is 5.10. The molecule has 1 aromatic carbocycles. The Bertz CT molecular complexity index is 782. The molecule has 0 spiro atoms. The van der Waals surface area contributed by atoms with Crippen LogP contribution in [0.25, 0.3) is 0 Å². The highest BCUT2D eigenvalue weighted by atomic mass is 127. The lowest BCUT2D eigenvalue weighted by Crippen LogP contribution is -2.38. The number of rotatable bonds is 11. The minimum atomic E-state index is -0.312. The van der Waals surface area contributed by atoms with Gasteiger partial charge in [0.05, 0.1) is 12.6 Å². The minimum Gasteiger partial charge on any atom is -0.490 e. The van der Waals surface area contributed by atoms with E-state index in [1.807, 2.05) is 24.5 Å². The van der Waals surface area contributed by atoms with E-state index in [0.717, 1.165) is 37.5 Å². The standard InChI is InChI=1S/C21H31FN6O.HI/c1-3-23-21(24-10-4-5-11-28-14-25-26-15-28)27-16(2)18-8-9-20(19(22)12-18)29-13-17-6-7-17;/h8-9,12,14-17H,3-7,10-11,13H2,1-2H3,(H2,23,24,27);1H. The topological polar surface area (TPSA) is 76.4 Å². The number of unbranched alkanes of at least 4 members (excludes halogenated alkanes) is 1. The first-order valence-corrected chi connectivity index (χ1v) is 10.4. The number of benzene rings is 1. The number of aryl methyl sites for hydroxylation is 1. The van der Waals surface area contributed by atoms with E-state index < -0.39 is 0 Å². The zero-order valence-corrected chi connectivity index (χ0v) is 20.0. The Morgan fingerprint density at radius 3 is 2.73 bits per heavy atom. The molecule has 9 heteroatoms. The molecule has 1 atom stereocenters. The molecule has 1 aliphatic rings. The van der Waals surface area contributed by atoms with E-state index in [9.17, 15) is 4.39 Å². The summed E-state index contributed by atoms with van der Waals surface area (Å²) in [6.45, 7) is 7.00. The lowest BCUT2D eigenvalue weighted by molar-refractivity contribution is 0.285. The molecule has 2 N–H and O–H groups in total. The van der Waals surface area contributed by atoms with Crippen molar-refractivity contribution in [3.8, 4) is 5.75 Å². The Balaban J connectivity index is 0.00000320. The summed E-state index contributed by atoms with van der Waals surface area (Å²) in [5, 5.41) is 14.2. The monoisotopic (exact) mass is 530 g/mol. The number of nitrogens with one attached hydrogen (secondary N) is 2. The minimum absolute atomic E-state index is 0. The second-order valence-electron chi connectivity index (χ2n) is 7.48. The zero-order chi connectivity index (χ0) is 20.5. The Kier molecular flexibility index (Phi) is 10.3. The molecule has 166 valence electrons. The molecule has 0 amide bonds. The first-order valence-electron chi connectivity index (χ1n) is 10.4. The van der Waals surface area contributed by atoms with E-state index in [0.29, 0.717) is 24.8 Å². The van der Waals surface area contributed by atoms with E-state index >= 15 is 0 Å². The highest BCUT2D eigenvalue weighted by Crippen LogP contribution is 2.30. The molecule has 0 radical (unpaired) electrons. The Hall–Kier alpha value is -1.91. The average molecular weight is 530 g/mol. The van der Waals surface area contributed by atoms with Crippen LogP contribution in [0.1, 0.15) is 51.1 Å². The van der Waals surface area contributed by atoms with Crippen molar-refractivity contribution in [2.75, 3.05) is 19.7 Å². The van der Waals surface area contributed by atoms with Crippen molar-refractivity contribution in [1.82, 2.24) is 25.4 Å². The zero-order valence-electron chi connectivity index (χ0n) is 17.7. The first-order chi connectivity index (χ1) is 14.2. The number of aromatic nitrogens is 3. The van der Waals surface area contributed by atoms with Gasteiger partial charge in [0.1, 0.15) is 12.7 Å². The number of guanidine groups is 1. The molecule has 0 aliphatic heterocycles. The smallest absolute Gasteiger partial charge is 0.191 e. The molecule has 30 heavy (non-hydrogen) atoms. The summed E-state index contributed by atoms with van der Waals surface area (Å²) in [6.07, 6.45) is 7.78. The van der Waals surface area contributed by atoms with E-state index in [-0.39, 0.29) is 35.8 Å². The van der Waals surface area contributed by atoms with Crippen LogP contribution in [-0.4, -0.2) is 40.4 Å². The highest BCUT2D eigenvalue weighted by Gasteiger charge is 2.22. The first kappa shape index (κ1) is 24.4. The van der Waals surface area contributed by atoms with E-state index in [2.05, 4.69) is 25.8 Å². The molecule has 0 saturated heterocycles. The number of aliphatic imine (C=N–C) groups is 1. The molecule has 2 aromatic rings. The maximum absolute atomic E-state index is 14.4. The number of halogens is 2. The number of nitrogens with zero attached hydrogens (tertiary/aromatic N) is 4. The molecule has 1 fully saturated rings. The van der Waals surface area contributed by atoms with Gasteiger partial charge in [-0.1, -0.05) is 6.07 Å². The summed E-state index contributed by atoms with van der Waals surface area (Å²) >= 11 is 0. The molecule has 3 rings (SSSR count). The number of hydrogen-bond acceptors (Lipinski definition) is 4. The third-order valence-corrected chi connectivity index (χ3v) is 4.89. The maximum Gasteiger partial charge on any atom is 0.191 e. The van der Waals surface area contributed by atoms with Crippen LogP contribution in [0.2, 0.25) is 0 Å². The summed E-state index contributed by atoms with van der Waals surface area (Å²) < 4.78 is 21.9. The van der Waals surface area contributed by atoms with E-state index in [1.54, 1.807) is 24.8 Å². The Morgan fingerprint density at radius 2 is 2.07 bits per heavy atom. The fraction of sp³-hybridized carbons (Fsp3) is 0.571. The molecule has 1 aromatic heterocycles. The van der Waals surface area contributed by atoms with Gasteiger partial charge < -0.3 is 19.9 Å². The van der Waals surface area contributed by atoms with E-state index in [4.69, 9.17) is 4.74 Å². The van der Waals surface area contributed by atoms with Crippen LogP contribution in [0.15, 0.2) is 35.8 Å². The van der Waals surface area contributed by atoms with Crippen LogP contribution in [0.3, 0.4) is 0 Å². The van der Waals surface area contributed by atoms with Crippen LogP contribution >= 0.6 is 24.0 Å². The number of hydrogen-bond donors (Lipinski definition) is 2. The third-order valence-electron chi connectivity index (χ3n) is 4.89. The van der Waals surface area contributed by atoms with Gasteiger partial charge in [-0.3, -0.25) is 4.99 Å². The summed E-state index contributed by atoms with van der Waals surface area (Å²) in [5.41, 5.74) is 0.861. The summed E-state index contributed by atoms with van der Waals surface area (Å²) in [4.78, 5) is 4.63. The molecular formula is C21H32FIN6O. The van der Waals surface area contributed by atoms with Crippen molar-refractivity contribution in [2.24, 2.45) is 10.9 Å². The van der Waals surface area contributed by atoms with Crippen LogP contribution < -0.4 is 15.4 Å². The predicted molar refractivity (Wildman–Crippen MR) is 127 cm³/mol. The predicted octanol–water partition coefficient (Wildman–Crippen LogP) is 3.92. The van der Waals surface area contributed by atoms with Crippen molar-refractivity contribution >= 4 is 29.9 Å². The lowest BCUT2D eigenvalue weighted by atomic mass is 10.1. The maximum atomic E-state index is 14.4. The SMILES string of the molecule is CCNC(=NCCCCn1cnnc1)NC(C)c1ccc(OCC2CC2)c(F)c1.I. The summed E-state index contributed by atoms with van der Waals surface area (Å²) in [5.74, 6) is 1.36. The second kappa shape index (κ2) is 12.7. The molecule has 1 saturated carbocycles. The average Bonchev–Trinajstić information content (AvgIpc) is 3.40. The number of ether oxygens (including phenoxy) is 1. The fourth-order valence-corrected chi connectivity index (χ4v) is 2.94. The Labute approximate surface area is 194 Å². The quantitative estimate of drug-likeness (QED) is 0.199. The third kappa shape index (κ3) is 8.08. The van der Waals surface area contributed by atoms with E-state index in [1.165, 1.54) is 12.8 Å². The second-order valence-corrected chi connectivity index (χ2v) is 7.48. The largest absolute Gasteiger partial charge is 0.490 e. The van der Waals surface area contributed by atoms with Crippen molar-refractivity contribution in [3.05, 3.63) is 42.2 Å². The van der Waals surface area contributed by atoms with Crippen molar-refractivity contribution in [2.45, 2.75) is 52.1 Å². The lowest BCUT2D eigenvalue weighted by Gasteiger charge is -2.19. The van der Waals surface area contributed by atoms with Gasteiger partial charge in [0.2, 0.25) is 0 Å². The van der Waals surface area contributed by atoms with Crippen molar-refractivity contribution in [3.63, 3.8) is 0 Å². The van der Waals surface area contributed by atoms with Gasteiger partial charge in [-0.15, -0.1) is 34.2 Å². The van der Waals surface area contributed by atoms with Crippen LogP contribution in [-0.2, 0) is 6.54 Å². The van der Waals surface area contributed by atoms with Crippen molar-refractivity contribution < 1.29 is 9.13 Å². The van der Waals surface area contributed by atoms with Crippen LogP contribution in [0, 0.1) is 11.7 Å². The van der Waals surface area contributed by atoms with Gasteiger partial charge in [0.15, 0.2) is 17.5 Å². The van der Waals surface area contributed by atoms with Crippen molar-refractivity contribution in [1.29, 1.82) is 0 Å². The molecular weight excluding hydrogens is 498 g/mol. The normalized spacial score (nSPS) is 14.7. The van der Waals surface area contributed by atoms with Gasteiger partial charge in [-0.25, -0.2) is 4.39 Å². The molecule has 0 bridgehead atoms. The fourth-order valence-electron chi connectivity index (χ4n) is 2.94. The highest BCUT2D eigenvalue weighted by molar-refractivity contribution is 14.0. The van der Waals surface area contributed by atoms with Gasteiger partial charge in [-0.2, -0.15) is 0 Å². The van der Waals surface area contributed by atoms with Gasteiger partial charge in [0, 0.05) is 19.6 Å². The molecule has 1 heterocycles. The van der Waals surface area contributed by atoms with Crippen LogP contribution in [0.4, 0.5) is 4.39 Å². The van der Waals surface area contributed by atoms with Gasteiger partial charge >= 0.3 is 0 Å². The van der Waals surface area contributed by atoms with Crippen LogP contribution in [0.5, 0.6) is 5.75 Å². The summed E-state index contributed by atoms with van der Waals surface area (Å²) in [7, 11) is 0. The van der Waals surface area contributed by atoms with Gasteiger partial charge in [0.25, 0.3) is 0 Å². The van der Waals surface area contributed by atoms with Gasteiger partial charge in [-0.05, 0) is 63.1 Å². The molecule has 1 unspecified atom stereocenters. The Morgan fingerprint density at radius 1 is 1.30 bits per heavy atom.